The van der Waals surface area contributed by atoms with Crippen molar-refractivity contribution in [1.82, 2.24) is 0 Å². The molecule has 0 spiro atoms. The molecule has 1 heterocycles. The zero-order chi connectivity index (χ0) is 16.4. The van der Waals surface area contributed by atoms with Gasteiger partial charge in [-0.2, -0.15) is 0 Å². The Hall–Kier alpha value is 0.760. The van der Waals surface area contributed by atoms with Crippen LogP contribution in [0.15, 0.2) is 0 Å². The quantitative estimate of drug-likeness (QED) is 0.243. The number of aliphatic hydroxyl groups excluding tert-OH is 4. The topological polar surface area (TPSA) is 99.4 Å². The van der Waals surface area contributed by atoms with E-state index in [1.807, 2.05) is 0 Å². The van der Waals surface area contributed by atoms with Gasteiger partial charge in [0.25, 0.3) is 0 Å². The fourth-order valence-corrected chi connectivity index (χ4v) is 2.67. The molecule has 0 aromatic rings. The number of aliphatic hydroxyl groups is 4. The molecule has 134 valence electrons. The van der Waals surface area contributed by atoms with Crippen molar-refractivity contribution < 1.29 is 60.9 Å². The summed E-state index contributed by atoms with van der Waals surface area (Å²) in [4.78, 5) is 0. The van der Waals surface area contributed by atoms with Gasteiger partial charge in [-0.15, -0.1) is 0 Å². The molecule has 1 aliphatic rings. The standard InChI is InChI=1S/C16H32O6.Na.H/c1-2-3-4-5-6-7-8-9-10-21-16-14(20)13(19)15(22-16)12(18)11-17;;/h12-20H,2-11H2,1H3;;/q;+1;-1/t12-,13+,14+,15-,16-;;/m0../s1. The molecule has 1 rings (SSSR count). The van der Waals surface area contributed by atoms with Crippen molar-refractivity contribution >= 4 is 0 Å². The van der Waals surface area contributed by atoms with Crippen LogP contribution in [-0.2, 0) is 9.47 Å². The van der Waals surface area contributed by atoms with Crippen LogP contribution in [-0.4, -0.2) is 64.3 Å². The van der Waals surface area contributed by atoms with Crippen molar-refractivity contribution in [3.05, 3.63) is 0 Å². The van der Waals surface area contributed by atoms with E-state index in [0.29, 0.717) is 6.61 Å². The Balaban J connectivity index is 0. The van der Waals surface area contributed by atoms with E-state index in [4.69, 9.17) is 14.6 Å². The average molecular weight is 344 g/mol. The van der Waals surface area contributed by atoms with Crippen LogP contribution in [0.4, 0.5) is 0 Å². The molecule has 0 saturated carbocycles. The van der Waals surface area contributed by atoms with Gasteiger partial charge in [-0.05, 0) is 6.42 Å². The zero-order valence-corrected chi connectivity index (χ0v) is 16.6. The summed E-state index contributed by atoms with van der Waals surface area (Å²) < 4.78 is 10.7. The van der Waals surface area contributed by atoms with Crippen LogP contribution in [0.5, 0.6) is 0 Å². The Morgan fingerprint density at radius 3 is 2.13 bits per heavy atom. The van der Waals surface area contributed by atoms with Crippen molar-refractivity contribution in [2.24, 2.45) is 0 Å². The number of unbranched alkanes of at least 4 members (excludes halogenated alkanes) is 7. The molecule has 0 bridgehead atoms. The molecule has 5 atom stereocenters. The van der Waals surface area contributed by atoms with Crippen LogP contribution in [0.25, 0.3) is 0 Å². The summed E-state index contributed by atoms with van der Waals surface area (Å²) >= 11 is 0. The minimum absolute atomic E-state index is 0. The van der Waals surface area contributed by atoms with Crippen LogP contribution < -0.4 is 29.6 Å². The van der Waals surface area contributed by atoms with E-state index in [1.165, 1.54) is 38.5 Å². The first kappa shape index (κ1) is 23.8. The molecular weight excluding hydrogens is 311 g/mol. The van der Waals surface area contributed by atoms with Gasteiger partial charge in [0.05, 0.1) is 6.61 Å². The van der Waals surface area contributed by atoms with Crippen molar-refractivity contribution in [3.8, 4) is 0 Å². The van der Waals surface area contributed by atoms with E-state index in [0.717, 1.165) is 12.8 Å². The summed E-state index contributed by atoms with van der Waals surface area (Å²) in [6.45, 7) is 2.13. The fourth-order valence-electron chi connectivity index (χ4n) is 2.67. The molecule has 6 nitrogen and oxygen atoms in total. The summed E-state index contributed by atoms with van der Waals surface area (Å²) in [5, 5.41) is 37.9. The molecule has 1 aliphatic heterocycles. The molecule has 0 aromatic heterocycles. The molecule has 7 heteroatoms. The number of hydrogen-bond acceptors (Lipinski definition) is 6. The molecular formula is C16H33NaO6. The van der Waals surface area contributed by atoms with Gasteiger partial charge in [0, 0.05) is 6.61 Å². The summed E-state index contributed by atoms with van der Waals surface area (Å²) in [5.74, 6) is 0. The molecule has 23 heavy (non-hydrogen) atoms. The molecule has 0 aromatic carbocycles. The Morgan fingerprint density at radius 1 is 1.00 bits per heavy atom. The van der Waals surface area contributed by atoms with Crippen molar-refractivity contribution in [2.45, 2.75) is 89.0 Å². The molecule has 0 aliphatic carbocycles. The Morgan fingerprint density at radius 2 is 1.57 bits per heavy atom. The van der Waals surface area contributed by atoms with E-state index >= 15 is 0 Å². The number of rotatable bonds is 12. The fraction of sp³-hybridized carbons (Fsp3) is 1.00. The predicted molar refractivity (Wildman–Crippen MR) is 83.4 cm³/mol. The SMILES string of the molecule is CCCCCCCCCCO[C@H]1O[C@@H]([C@@H](O)CO)[C@H](O)[C@H]1O.[H-].[Na+]. The molecule has 1 fully saturated rings. The molecule has 1 saturated heterocycles. The molecule has 0 amide bonds. The summed E-state index contributed by atoms with van der Waals surface area (Å²) in [6.07, 6.45) is 3.92. The first-order chi connectivity index (χ1) is 10.6. The van der Waals surface area contributed by atoms with Gasteiger partial charge < -0.3 is 31.3 Å². The maximum atomic E-state index is 9.80. The second kappa shape index (κ2) is 14.0. The molecule has 4 N–H and O–H groups in total. The van der Waals surface area contributed by atoms with E-state index in [-0.39, 0.29) is 31.0 Å². The van der Waals surface area contributed by atoms with Crippen LogP contribution >= 0.6 is 0 Å². The number of hydrogen-bond donors (Lipinski definition) is 4. The number of ether oxygens (including phenoxy) is 2. The third kappa shape index (κ3) is 8.61. The monoisotopic (exact) mass is 344 g/mol. The molecule has 0 unspecified atom stereocenters. The largest absolute Gasteiger partial charge is 1.00 e. The Labute approximate surface area is 163 Å². The first-order valence-electron chi connectivity index (χ1n) is 8.54. The van der Waals surface area contributed by atoms with Gasteiger partial charge in [-0.1, -0.05) is 51.9 Å². The van der Waals surface area contributed by atoms with E-state index in [9.17, 15) is 15.3 Å². The second-order valence-corrected chi connectivity index (χ2v) is 6.05. The summed E-state index contributed by atoms with van der Waals surface area (Å²) in [6, 6.07) is 0. The van der Waals surface area contributed by atoms with Gasteiger partial charge in [0.15, 0.2) is 6.29 Å². The van der Waals surface area contributed by atoms with Gasteiger partial charge in [0.1, 0.15) is 24.4 Å². The van der Waals surface area contributed by atoms with Crippen molar-refractivity contribution in [2.75, 3.05) is 13.2 Å². The van der Waals surface area contributed by atoms with Gasteiger partial charge in [-0.3, -0.25) is 0 Å². The molecule has 0 radical (unpaired) electrons. The second-order valence-electron chi connectivity index (χ2n) is 6.05. The van der Waals surface area contributed by atoms with Crippen LogP contribution in [0.1, 0.15) is 59.7 Å². The van der Waals surface area contributed by atoms with E-state index in [1.54, 1.807) is 0 Å². The minimum atomic E-state index is -1.24. The Bertz CT molecular complexity index is 287. The summed E-state index contributed by atoms with van der Waals surface area (Å²) in [5.41, 5.74) is 0. The van der Waals surface area contributed by atoms with Crippen molar-refractivity contribution in [3.63, 3.8) is 0 Å². The van der Waals surface area contributed by atoms with Gasteiger partial charge in [0.2, 0.25) is 0 Å². The summed E-state index contributed by atoms with van der Waals surface area (Å²) in [7, 11) is 0. The van der Waals surface area contributed by atoms with Crippen molar-refractivity contribution in [1.29, 1.82) is 0 Å². The average Bonchev–Trinajstić information content (AvgIpc) is 2.81. The predicted octanol–water partition coefficient (Wildman–Crippen LogP) is -1.94. The minimum Gasteiger partial charge on any atom is -1.00 e. The normalized spacial score (nSPS) is 28.6. The Kier molecular flexibility index (Phi) is 14.4. The van der Waals surface area contributed by atoms with Crippen LogP contribution in [0.2, 0.25) is 0 Å². The van der Waals surface area contributed by atoms with Gasteiger partial charge >= 0.3 is 29.6 Å². The van der Waals surface area contributed by atoms with E-state index in [2.05, 4.69) is 6.92 Å². The maximum Gasteiger partial charge on any atom is 1.00 e. The maximum absolute atomic E-state index is 9.80. The van der Waals surface area contributed by atoms with Gasteiger partial charge in [-0.25, -0.2) is 0 Å². The zero-order valence-electron chi connectivity index (χ0n) is 15.6. The third-order valence-electron chi connectivity index (χ3n) is 4.10. The van der Waals surface area contributed by atoms with Crippen LogP contribution in [0, 0.1) is 0 Å². The smallest absolute Gasteiger partial charge is 1.00 e. The van der Waals surface area contributed by atoms with E-state index < -0.39 is 37.3 Å². The third-order valence-corrected chi connectivity index (χ3v) is 4.10. The van der Waals surface area contributed by atoms with Crippen LogP contribution in [0.3, 0.4) is 0 Å². The first-order valence-corrected chi connectivity index (χ1v) is 8.54.